The van der Waals surface area contributed by atoms with E-state index in [0.29, 0.717) is 5.69 Å². The number of hydrogen-bond acceptors (Lipinski definition) is 7. The average Bonchev–Trinajstić information content (AvgIpc) is 2.37. The molecule has 0 aliphatic heterocycles. The molecule has 1 aromatic rings. The smallest absolute Gasteiger partial charge is 0.126 e. The van der Waals surface area contributed by atoms with Crippen molar-refractivity contribution in [1.82, 2.24) is 9.97 Å². The summed E-state index contributed by atoms with van der Waals surface area (Å²) in [5.41, 5.74) is 0.583. The Labute approximate surface area is 111 Å². The molecule has 5 atom stereocenters. The Bertz CT molecular complexity index is 382. The Hall–Kier alpha value is -1.12. The molecule has 0 saturated heterocycles. The first-order valence-electron chi connectivity index (χ1n) is 6.04. The monoisotopic (exact) mass is 272 g/mol. The minimum absolute atomic E-state index is 0.128. The van der Waals surface area contributed by atoms with E-state index in [4.69, 9.17) is 10.2 Å². The molecule has 19 heavy (non-hydrogen) atoms. The van der Waals surface area contributed by atoms with E-state index in [1.165, 1.54) is 26.2 Å². The van der Waals surface area contributed by atoms with E-state index in [1.807, 2.05) is 0 Å². The lowest BCUT2D eigenvalue weighted by molar-refractivity contribution is -0.0549. The number of aliphatic hydroxyl groups is 5. The summed E-state index contributed by atoms with van der Waals surface area (Å²) in [5, 5.41) is 47.0. The van der Waals surface area contributed by atoms with Gasteiger partial charge in [-0.15, -0.1) is 0 Å². The van der Waals surface area contributed by atoms with E-state index in [2.05, 4.69) is 9.97 Å². The van der Waals surface area contributed by atoms with Gasteiger partial charge in [-0.25, -0.2) is 0 Å². The first kappa shape index (κ1) is 15.9. The van der Waals surface area contributed by atoms with Crippen LogP contribution in [0.25, 0.3) is 0 Å². The summed E-state index contributed by atoms with van der Waals surface area (Å²) >= 11 is 0. The summed E-state index contributed by atoms with van der Waals surface area (Å²) in [6, 6.07) is 0. The lowest BCUT2D eigenvalue weighted by Crippen LogP contribution is -2.30. The molecular weight excluding hydrogens is 252 g/mol. The van der Waals surface area contributed by atoms with Crippen molar-refractivity contribution in [2.24, 2.45) is 0 Å². The van der Waals surface area contributed by atoms with Crippen molar-refractivity contribution in [3.8, 4) is 0 Å². The fourth-order valence-corrected chi connectivity index (χ4v) is 1.45. The molecule has 0 fully saturated rings. The van der Waals surface area contributed by atoms with Gasteiger partial charge >= 0.3 is 0 Å². The van der Waals surface area contributed by atoms with Crippen molar-refractivity contribution in [3.05, 3.63) is 23.8 Å². The molecule has 0 spiro atoms. The quantitative estimate of drug-likeness (QED) is 0.428. The molecule has 0 unspecified atom stereocenters. The third-order valence-electron chi connectivity index (χ3n) is 2.82. The summed E-state index contributed by atoms with van der Waals surface area (Å²) in [7, 11) is 0. The zero-order valence-electron chi connectivity index (χ0n) is 10.9. The highest BCUT2D eigenvalue weighted by atomic mass is 16.4. The van der Waals surface area contributed by atoms with Crippen molar-refractivity contribution < 1.29 is 25.5 Å². The van der Waals surface area contributed by atoms with E-state index >= 15 is 0 Å². The number of aliphatic hydroxyl groups excluding tert-OH is 5. The molecule has 108 valence electrons. The Morgan fingerprint density at radius 1 is 0.947 bits per heavy atom. The fraction of sp³-hybridized carbons (Fsp3) is 0.667. The van der Waals surface area contributed by atoms with Crippen LogP contribution in [0.15, 0.2) is 12.4 Å². The maximum absolute atomic E-state index is 9.72. The van der Waals surface area contributed by atoms with Crippen LogP contribution in [0.1, 0.15) is 31.3 Å². The van der Waals surface area contributed by atoms with Crippen molar-refractivity contribution in [3.63, 3.8) is 0 Å². The van der Waals surface area contributed by atoms with Crippen LogP contribution in [0.3, 0.4) is 0 Å². The number of rotatable bonds is 6. The normalized spacial score (nSPS) is 19.5. The Morgan fingerprint density at radius 3 is 2.00 bits per heavy atom. The van der Waals surface area contributed by atoms with Gasteiger partial charge in [-0.3, -0.25) is 9.97 Å². The summed E-state index contributed by atoms with van der Waals surface area (Å²) in [6.07, 6.45) is -2.82. The van der Waals surface area contributed by atoms with Crippen LogP contribution < -0.4 is 0 Å². The van der Waals surface area contributed by atoms with Gasteiger partial charge in [-0.1, -0.05) is 0 Å². The predicted octanol–water partition coefficient (Wildman–Crippen LogP) is -1.46. The average molecular weight is 272 g/mol. The molecule has 5 N–H and O–H groups in total. The molecule has 0 radical (unpaired) electrons. The summed E-state index contributed by atoms with van der Waals surface area (Å²) in [6.45, 7) is 2.82. The van der Waals surface area contributed by atoms with Gasteiger partial charge in [0, 0.05) is 12.6 Å². The summed E-state index contributed by atoms with van der Waals surface area (Å²) in [5.74, 6) is 0. The molecule has 0 saturated carbocycles. The van der Waals surface area contributed by atoms with Crippen molar-refractivity contribution >= 4 is 0 Å². The Morgan fingerprint density at radius 2 is 1.58 bits per heavy atom. The van der Waals surface area contributed by atoms with E-state index in [0.717, 1.165) is 0 Å². The van der Waals surface area contributed by atoms with Gasteiger partial charge in [0.05, 0.1) is 35.9 Å². The van der Waals surface area contributed by atoms with E-state index in [-0.39, 0.29) is 12.1 Å². The van der Waals surface area contributed by atoms with Gasteiger partial charge in [-0.2, -0.15) is 0 Å². The number of nitrogens with zero attached hydrogens (tertiary/aromatic N) is 2. The molecule has 0 aromatic carbocycles. The van der Waals surface area contributed by atoms with Crippen molar-refractivity contribution in [2.45, 2.75) is 50.8 Å². The van der Waals surface area contributed by atoms with Crippen LogP contribution >= 0.6 is 0 Å². The Balaban J connectivity index is 2.71. The molecule has 7 nitrogen and oxygen atoms in total. The summed E-state index contributed by atoms with van der Waals surface area (Å²) < 4.78 is 0. The highest BCUT2D eigenvalue weighted by molar-refractivity contribution is 5.07. The van der Waals surface area contributed by atoms with Crippen LogP contribution in [0.4, 0.5) is 0 Å². The minimum atomic E-state index is -1.34. The van der Waals surface area contributed by atoms with Gasteiger partial charge < -0.3 is 25.5 Å². The minimum Gasteiger partial charge on any atom is -0.391 e. The second-order valence-electron chi connectivity index (χ2n) is 4.62. The topological polar surface area (TPSA) is 127 Å². The fourth-order valence-electron chi connectivity index (χ4n) is 1.45. The standard InChI is InChI=1S/C12H20N2O5/c1-6(15)10(17)3-8-4-14-9(5-13-8)12(19)11(18)7(2)16/h4-7,10-12,15-19H,3H2,1-2H3/t6-,7-,10-,11+,12-/m0/s1. The van der Waals surface area contributed by atoms with Gasteiger partial charge in [-0.05, 0) is 13.8 Å². The molecule has 0 bridgehead atoms. The number of hydrogen-bond donors (Lipinski definition) is 5. The van der Waals surface area contributed by atoms with Crippen LogP contribution in [0.2, 0.25) is 0 Å². The Kier molecular flexibility index (Phi) is 5.77. The highest BCUT2D eigenvalue weighted by Crippen LogP contribution is 2.16. The third-order valence-corrected chi connectivity index (χ3v) is 2.82. The maximum atomic E-state index is 9.72. The summed E-state index contributed by atoms with van der Waals surface area (Å²) in [4.78, 5) is 7.90. The third kappa shape index (κ3) is 4.48. The van der Waals surface area contributed by atoms with Crippen molar-refractivity contribution in [1.29, 1.82) is 0 Å². The zero-order chi connectivity index (χ0) is 14.6. The van der Waals surface area contributed by atoms with Crippen LogP contribution in [-0.4, -0.2) is 59.9 Å². The van der Waals surface area contributed by atoms with Crippen molar-refractivity contribution in [2.75, 3.05) is 0 Å². The largest absolute Gasteiger partial charge is 0.391 e. The lowest BCUT2D eigenvalue weighted by Gasteiger charge is -2.19. The second kappa shape index (κ2) is 6.88. The van der Waals surface area contributed by atoms with E-state index < -0.39 is 30.5 Å². The molecule has 1 aromatic heterocycles. The highest BCUT2D eigenvalue weighted by Gasteiger charge is 2.24. The van der Waals surface area contributed by atoms with Gasteiger partial charge in [0.25, 0.3) is 0 Å². The SMILES string of the molecule is C[C@H](O)[C@@H](O)[C@@H](O)c1cnc(C[C@H](O)[C@H](C)O)cn1. The van der Waals surface area contributed by atoms with E-state index in [9.17, 15) is 15.3 Å². The van der Waals surface area contributed by atoms with Crippen LogP contribution in [-0.2, 0) is 6.42 Å². The molecular formula is C12H20N2O5. The van der Waals surface area contributed by atoms with Gasteiger partial charge in [0.2, 0.25) is 0 Å². The van der Waals surface area contributed by atoms with E-state index in [1.54, 1.807) is 0 Å². The zero-order valence-corrected chi connectivity index (χ0v) is 10.9. The van der Waals surface area contributed by atoms with Gasteiger partial charge in [0.15, 0.2) is 0 Å². The molecule has 7 heteroatoms. The molecule has 0 amide bonds. The first-order chi connectivity index (χ1) is 8.82. The maximum Gasteiger partial charge on any atom is 0.126 e. The lowest BCUT2D eigenvalue weighted by atomic mass is 10.1. The predicted molar refractivity (Wildman–Crippen MR) is 66.1 cm³/mol. The molecule has 0 aliphatic rings. The second-order valence-corrected chi connectivity index (χ2v) is 4.62. The molecule has 0 aliphatic carbocycles. The first-order valence-corrected chi connectivity index (χ1v) is 6.04. The number of aromatic nitrogens is 2. The van der Waals surface area contributed by atoms with Crippen LogP contribution in [0.5, 0.6) is 0 Å². The van der Waals surface area contributed by atoms with Gasteiger partial charge in [0.1, 0.15) is 12.2 Å². The van der Waals surface area contributed by atoms with Crippen LogP contribution in [0, 0.1) is 0 Å². The molecule has 1 rings (SSSR count). The molecule has 1 heterocycles.